The monoisotopic (exact) mass is 489 g/mol. The highest BCUT2D eigenvalue weighted by atomic mass is 16.7. The lowest BCUT2D eigenvalue weighted by Gasteiger charge is -2.44. The molecule has 1 aliphatic heterocycles. The highest BCUT2D eigenvalue weighted by Gasteiger charge is 2.52. The van der Waals surface area contributed by atoms with Crippen LogP contribution in [0.3, 0.4) is 0 Å². The van der Waals surface area contributed by atoms with E-state index >= 15 is 0 Å². The van der Waals surface area contributed by atoms with Crippen molar-refractivity contribution in [2.24, 2.45) is 0 Å². The van der Waals surface area contributed by atoms with E-state index in [1.807, 2.05) is 24.3 Å². The predicted molar refractivity (Wildman–Crippen MR) is 120 cm³/mol. The molecule has 0 radical (unpaired) electrons. The van der Waals surface area contributed by atoms with Crippen molar-refractivity contribution in [2.45, 2.75) is 58.3 Å². The molecule has 1 aliphatic rings. The maximum absolute atomic E-state index is 12.0. The van der Waals surface area contributed by atoms with Gasteiger partial charge in [0.2, 0.25) is 12.2 Å². The summed E-state index contributed by atoms with van der Waals surface area (Å²) in [7, 11) is 0. The normalized spacial score (nSPS) is 23.7. The average Bonchev–Trinajstić information content (AvgIpc) is 2.76. The van der Waals surface area contributed by atoms with E-state index in [4.69, 9.17) is 23.7 Å². The number of hydrogen-bond acceptors (Lipinski definition) is 10. The third-order valence-corrected chi connectivity index (χ3v) is 5.14. The number of fused-ring (bicyclic) bond motifs is 1. The summed E-state index contributed by atoms with van der Waals surface area (Å²) in [5.41, 5.74) is 0. The SMILES string of the molecule is CC(=O)NC1C(Oc2cc3ccccc3cc2O)OC(COC(C)=O)C(OC(C)=O)C1OC(C)=O. The van der Waals surface area contributed by atoms with Gasteiger partial charge in [0.1, 0.15) is 18.8 Å². The highest BCUT2D eigenvalue weighted by molar-refractivity contribution is 5.85. The standard InChI is InChI=1S/C24H27NO10/c1-12(26)25-21-23(33-15(4)29)22(32-14(3)28)20(11-31-13(2)27)35-24(21)34-19-10-17-8-6-5-7-16(17)9-18(19)30/h5-10,20-24,30H,11H2,1-4H3,(H,25,26). The Balaban J connectivity index is 2.03. The first-order valence-electron chi connectivity index (χ1n) is 10.8. The lowest BCUT2D eigenvalue weighted by Crippen LogP contribution is -2.67. The largest absolute Gasteiger partial charge is 0.504 e. The number of esters is 3. The van der Waals surface area contributed by atoms with Crippen LogP contribution in [-0.2, 0) is 38.1 Å². The molecule has 0 aliphatic carbocycles. The molecule has 3 rings (SSSR count). The molecule has 0 saturated carbocycles. The summed E-state index contributed by atoms with van der Waals surface area (Å²) >= 11 is 0. The van der Waals surface area contributed by atoms with Gasteiger partial charge in [-0.15, -0.1) is 0 Å². The second-order valence-electron chi connectivity index (χ2n) is 8.00. The van der Waals surface area contributed by atoms with Crippen LogP contribution in [0.1, 0.15) is 27.7 Å². The molecule has 5 atom stereocenters. The van der Waals surface area contributed by atoms with E-state index < -0.39 is 54.5 Å². The number of carbonyl (C=O) groups is 4. The molecule has 11 heteroatoms. The fourth-order valence-electron chi connectivity index (χ4n) is 3.82. The summed E-state index contributed by atoms with van der Waals surface area (Å²) in [4.78, 5) is 47.2. The van der Waals surface area contributed by atoms with Gasteiger partial charge in [0.15, 0.2) is 23.7 Å². The topological polar surface area (TPSA) is 147 Å². The van der Waals surface area contributed by atoms with Gasteiger partial charge in [-0.2, -0.15) is 0 Å². The van der Waals surface area contributed by atoms with Gasteiger partial charge in [-0.1, -0.05) is 24.3 Å². The molecule has 11 nitrogen and oxygen atoms in total. The van der Waals surface area contributed by atoms with Crippen molar-refractivity contribution in [1.82, 2.24) is 5.32 Å². The Bertz CT molecular complexity index is 1120. The van der Waals surface area contributed by atoms with Crippen LogP contribution in [0.2, 0.25) is 0 Å². The average molecular weight is 489 g/mol. The quantitative estimate of drug-likeness (QED) is 0.434. The van der Waals surface area contributed by atoms with Crippen molar-refractivity contribution in [3.8, 4) is 11.5 Å². The minimum Gasteiger partial charge on any atom is -0.504 e. The molecule has 188 valence electrons. The molecular weight excluding hydrogens is 462 g/mol. The molecule has 2 N–H and O–H groups in total. The molecule has 1 amide bonds. The first-order valence-corrected chi connectivity index (χ1v) is 10.8. The molecule has 1 heterocycles. The molecule has 1 fully saturated rings. The minimum atomic E-state index is -1.33. The summed E-state index contributed by atoms with van der Waals surface area (Å²) in [5.74, 6) is -2.72. The molecule has 35 heavy (non-hydrogen) atoms. The Morgan fingerprint density at radius 1 is 0.914 bits per heavy atom. The van der Waals surface area contributed by atoms with Crippen molar-refractivity contribution < 1.29 is 48.0 Å². The first kappa shape index (κ1) is 25.8. The van der Waals surface area contributed by atoms with Gasteiger partial charge in [0, 0.05) is 27.7 Å². The fraction of sp³-hybridized carbons (Fsp3) is 0.417. The zero-order valence-electron chi connectivity index (χ0n) is 19.7. The van der Waals surface area contributed by atoms with Crippen molar-refractivity contribution >= 4 is 34.6 Å². The van der Waals surface area contributed by atoms with Gasteiger partial charge in [0.05, 0.1) is 0 Å². The maximum Gasteiger partial charge on any atom is 0.303 e. The molecule has 0 spiro atoms. The number of benzene rings is 2. The van der Waals surface area contributed by atoms with Crippen LogP contribution in [0, 0.1) is 0 Å². The number of hydrogen-bond donors (Lipinski definition) is 2. The number of nitrogens with one attached hydrogen (secondary N) is 1. The van der Waals surface area contributed by atoms with Crippen molar-refractivity contribution in [3.63, 3.8) is 0 Å². The zero-order chi connectivity index (χ0) is 25.7. The molecular formula is C24H27NO10. The second kappa shape index (κ2) is 11.0. The van der Waals surface area contributed by atoms with Gasteiger partial charge >= 0.3 is 17.9 Å². The summed E-state index contributed by atoms with van der Waals surface area (Å²) in [6.45, 7) is 4.37. The smallest absolute Gasteiger partial charge is 0.303 e. The number of rotatable bonds is 7. The van der Waals surface area contributed by atoms with Crippen molar-refractivity contribution in [1.29, 1.82) is 0 Å². The highest BCUT2D eigenvalue weighted by Crippen LogP contribution is 2.35. The van der Waals surface area contributed by atoms with Crippen LogP contribution >= 0.6 is 0 Å². The van der Waals surface area contributed by atoms with E-state index in [0.29, 0.717) is 0 Å². The van der Waals surface area contributed by atoms with E-state index in [-0.39, 0.29) is 18.1 Å². The fourth-order valence-corrected chi connectivity index (χ4v) is 3.82. The van der Waals surface area contributed by atoms with E-state index in [1.165, 1.54) is 19.9 Å². The predicted octanol–water partition coefficient (Wildman–Crippen LogP) is 1.58. The number of ether oxygens (including phenoxy) is 5. The van der Waals surface area contributed by atoms with E-state index in [2.05, 4.69) is 5.32 Å². The number of aromatic hydroxyl groups is 1. The van der Waals surface area contributed by atoms with E-state index in [1.54, 1.807) is 6.07 Å². The second-order valence-corrected chi connectivity index (χ2v) is 8.00. The van der Waals surface area contributed by atoms with Crippen molar-refractivity contribution in [3.05, 3.63) is 36.4 Å². The number of carbonyl (C=O) groups excluding carboxylic acids is 4. The summed E-state index contributed by atoms with van der Waals surface area (Å²) < 4.78 is 27.7. The maximum atomic E-state index is 12.0. The van der Waals surface area contributed by atoms with Gasteiger partial charge in [0.25, 0.3) is 0 Å². The van der Waals surface area contributed by atoms with Gasteiger partial charge in [-0.05, 0) is 22.9 Å². The molecule has 5 unspecified atom stereocenters. The summed E-state index contributed by atoms with van der Waals surface area (Å²) in [6.07, 6.45) is -4.95. The molecule has 2 aromatic carbocycles. The van der Waals surface area contributed by atoms with Gasteiger partial charge in [-0.3, -0.25) is 19.2 Å². The van der Waals surface area contributed by atoms with E-state index in [0.717, 1.165) is 24.6 Å². The summed E-state index contributed by atoms with van der Waals surface area (Å²) in [6, 6.07) is 9.19. The number of amides is 1. The van der Waals surface area contributed by atoms with Crippen LogP contribution in [0.25, 0.3) is 10.8 Å². The third kappa shape index (κ3) is 6.60. The Morgan fingerprint density at radius 3 is 2.09 bits per heavy atom. The lowest BCUT2D eigenvalue weighted by atomic mass is 9.96. The number of phenolic OH excluding ortho intramolecular Hbond substituents is 1. The number of phenols is 1. The van der Waals surface area contributed by atoms with Crippen molar-refractivity contribution in [2.75, 3.05) is 6.61 Å². The van der Waals surface area contributed by atoms with Crippen LogP contribution < -0.4 is 10.1 Å². The minimum absolute atomic E-state index is 0.0304. The lowest BCUT2D eigenvalue weighted by molar-refractivity contribution is -0.257. The van der Waals surface area contributed by atoms with Crippen LogP contribution in [-0.4, -0.2) is 66.2 Å². The van der Waals surface area contributed by atoms with Crippen LogP contribution in [0.15, 0.2) is 36.4 Å². The molecule has 0 aromatic heterocycles. The first-order chi connectivity index (χ1) is 16.5. The van der Waals surface area contributed by atoms with Gasteiger partial charge in [-0.25, -0.2) is 0 Å². The van der Waals surface area contributed by atoms with Gasteiger partial charge < -0.3 is 34.1 Å². The Hall–Kier alpha value is -3.86. The van der Waals surface area contributed by atoms with Crippen LogP contribution in [0.4, 0.5) is 0 Å². The molecule has 2 aromatic rings. The third-order valence-electron chi connectivity index (χ3n) is 5.14. The molecule has 1 saturated heterocycles. The molecule has 0 bridgehead atoms. The van der Waals surface area contributed by atoms with Crippen LogP contribution in [0.5, 0.6) is 11.5 Å². The Morgan fingerprint density at radius 2 is 1.51 bits per heavy atom. The Labute approximate surface area is 201 Å². The zero-order valence-corrected chi connectivity index (χ0v) is 19.7. The van der Waals surface area contributed by atoms with E-state index in [9.17, 15) is 24.3 Å². The summed E-state index contributed by atoms with van der Waals surface area (Å²) in [5, 5.41) is 14.7. The Kier molecular flexibility index (Phi) is 8.13.